The summed E-state index contributed by atoms with van der Waals surface area (Å²) in [5.41, 5.74) is 0.962. The summed E-state index contributed by atoms with van der Waals surface area (Å²) in [7, 11) is 0. The van der Waals surface area contributed by atoms with E-state index in [1.54, 1.807) is 17.5 Å². The molecule has 0 fully saturated rings. The molecule has 2 aromatic rings. The van der Waals surface area contributed by atoms with E-state index in [0.717, 1.165) is 25.1 Å². The van der Waals surface area contributed by atoms with Crippen molar-refractivity contribution in [2.45, 2.75) is 19.0 Å². The SMILES string of the molecule is O=C(O)C1c2ccsc2CCN1CCn1cccn1. The van der Waals surface area contributed by atoms with Crippen LogP contribution in [0.25, 0.3) is 0 Å². The van der Waals surface area contributed by atoms with E-state index in [4.69, 9.17) is 0 Å². The van der Waals surface area contributed by atoms with Crippen LogP contribution in [0, 0.1) is 0 Å². The van der Waals surface area contributed by atoms with Gasteiger partial charge >= 0.3 is 5.97 Å². The highest BCUT2D eigenvalue weighted by atomic mass is 32.1. The van der Waals surface area contributed by atoms with Crippen LogP contribution in [-0.2, 0) is 17.8 Å². The normalized spacial score (nSPS) is 19.3. The molecule has 0 saturated heterocycles. The van der Waals surface area contributed by atoms with Crippen molar-refractivity contribution >= 4 is 17.3 Å². The number of carbonyl (C=O) groups is 1. The summed E-state index contributed by atoms with van der Waals surface area (Å²) >= 11 is 1.66. The molecule has 6 heteroatoms. The fourth-order valence-corrected chi connectivity index (χ4v) is 3.47. The zero-order valence-corrected chi connectivity index (χ0v) is 11.2. The second-order valence-electron chi connectivity index (χ2n) is 4.59. The number of carboxylic acid groups (broad SMARTS) is 1. The van der Waals surface area contributed by atoms with Gasteiger partial charge in [0.25, 0.3) is 0 Å². The van der Waals surface area contributed by atoms with E-state index >= 15 is 0 Å². The summed E-state index contributed by atoms with van der Waals surface area (Å²) in [6.07, 6.45) is 4.58. The fourth-order valence-electron chi connectivity index (χ4n) is 2.56. The molecule has 0 spiro atoms. The first-order valence-electron chi connectivity index (χ1n) is 6.26. The Morgan fingerprint density at radius 1 is 1.53 bits per heavy atom. The van der Waals surface area contributed by atoms with Gasteiger partial charge in [0.1, 0.15) is 6.04 Å². The first-order chi connectivity index (χ1) is 9.25. The molecule has 0 saturated carbocycles. The molecular formula is C13H15N3O2S. The average molecular weight is 277 g/mol. The van der Waals surface area contributed by atoms with Gasteiger partial charge in [-0.2, -0.15) is 5.10 Å². The van der Waals surface area contributed by atoms with Gasteiger partial charge in [-0.1, -0.05) is 0 Å². The average Bonchev–Trinajstić information content (AvgIpc) is 3.06. The fraction of sp³-hybridized carbons (Fsp3) is 0.385. The highest BCUT2D eigenvalue weighted by molar-refractivity contribution is 7.10. The van der Waals surface area contributed by atoms with Gasteiger partial charge in [0.2, 0.25) is 0 Å². The van der Waals surface area contributed by atoms with Crippen molar-refractivity contribution in [3.63, 3.8) is 0 Å². The molecule has 0 radical (unpaired) electrons. The zero-order valence-electron chi connectivity index (χ0n) is 10.4. The van der Waals surface area contributed by atoms with Crippen LogP contribution in [0.4, 0.5) is 0 Å². The maximum atomic E-state index is 11.5. The summed E-state index contributed by atoms with van der Waals surface area (Å²) < 4.78 is 1.84. The Labute approximate surface area is 115 Å². The Morgan fingerprint density at radius 3 is 3.16 bits per heavy atom. The number of aliphatic carboxylic acids is 1. The van der Waals surface area contributed by atoms with Gasteiger partial charge in [-0.25, -0.2) is 0 Å². The zero-order chi connectivity index (χ0) is 13.2. The number of hydrogen-bond acceptors (Lipinski definition) is 4. The van der Waals surface area contributed by atoms with Gasteiger partial charge in [0, 0.05) is 30.4 Å². The molecule has 100 valence electrons. The smallest absolute Gasteiger partial charge is 0.325 e. The number of thiophene rings is 1. The van der Waals surface area contributed by atoms with Crippen molar-refractivity contribution in [1.29, 1.82) is 0 Å². The lowest BCUT2D eigenvalue weighted by Crippen LogP contribution is -2.40. The molecule has 0 amide bonds. The molecule has 1 N–H and O–H groups in total. The lowest BCUT2D eigenvalue weighted by molar-refractivity contribution is -0.144. The summed E-state index contributed by atoms with van der Waals surface area (Å²) in [5, 5.41) is 15.6. The predicted octanol–water partition coefficient (Wildman–Crippen LogP) is 1.63. The standard InChI is InChI=1S/C13H15N3O2S/c17-13(18)12-10-3-9-19-11(10)2-6-15(12)7-8-16-5-1-4-14-16/h1,3-5,9,12H,2,6-8H2,(H,17,18). The summed E-state index contributed by atoms with van der Waals surface area (Å²) in [6.45, 7) is 2.22. The minimum absolute atomic E-state index is 0.509. The highest BCUT2D eigenvalue weighted by Crippen LogP contribution is 2.33. The van der Waals surface area contributed by atoms with Crippen LogP contribution in [0.1, 0.15) is 16.5 Å². The van der Waals surface area contributed by atoms with Gasteiger partial charge in [0.15, 0.2) is 0 Å². The third-order valence-electron chi connectivity index (χ3n) is 3.48. The van der Waals surface area contributed by atoms with E-state index in [2.05, 4.69) is 5.10 Å². The quantitative estimate of drug-likeness (QED) is 0.923. The molecule has 19 heavy (non-hydrogen) atoms. The number of carboxylic acids is 1. The van der Waals surface area contributed by atoms with Crippen LogP contribution >= 0.6 is 11.3 Å². The van der Waals surface area contributed by atoms with E-state index in [0.29, 0.717) is 6.54 Å². The number of hydrogen-bond donors (Lipinski definition) is 1. The van der Waals surface area contributed by atoms with Crippen molar-refractivity contribution in [2.24, 2.45) is 0 Å². The Hall–Kier alpha value is -1.66. The Morgan fingerprint density at radius 2 is 2.42 bits per heavy atom. The van der Waals surface area contributed by atoms with E-state index in [-0.39, 0.29) is 0 Å². The Balaban J connectivity index is 1.76. The lowest BCUT2D eigenvalue weighted by Gasteiger charge is -2.32. The van der Waals surface area contributed by atoms with E-state index in [1.165, 1.54) is 4.88 Å². The minimum atomic E-state index is -0.764. The third-order valence-corrected chi connectivity index (χ3v) is 4.47. The van der Waals surface area contributed by atoms with Crippen LogP contribution in [-0.4, -0.2) is 38.8 Å². The molecule has 0 bridgehead atoms. The second-order valence-corrected chi connectivity index (χ2v) is 5.60. The van der Waals surface area contributed by atoms with Crippen LogP contribution < -0.4 is 0 Å². The molecule has 0 aromatic carbocycles. The van der Waals surface area contributed by atoms with Crippen LogP contribution in [0.3, 0.4) is 0 Å². The molecule has 2 aromatic heterocycles. The number of fused-ring (bicyclic) bond motifs is 1. The minimum Gasteiger partial charge on any atom is -0.480 e. The topological polar surface area (TPSA) is 58.4 Å². The van der Waals surface area contributed by atoms with Crippen molar-refractivity contribution in [3.8, 4) is 0 Å². The monoisotopic (exact) mass is 277 g/mol. The van der Waals surface area contributed by atoms with Crippen molar-refractivity contribution in [3.05, 3.63) is 40.3 Å². The highest BCUT2D eigenvalue weighted by Gasteiger charge is 2.33. The third kappa shape index (κ3) is 2.41. The van der Waals surface area contributed by atoms with Gasteiger partial charge in [-0.05, 0) is 29.5 Å². The molecule has 3 heterocycles. The van der Waals surface area contributed by atoms with E-state index < -0.39 is 12.0 Å². The molecule has 1 aliphatic heterocycles. The molecular weight excluding hydrogens is 262 g/mol. The largest absolute Gasteiger partial charge is 0.480 e. The number of nitrogens with zero attached hydrogens (tertiary/aromatic N) is 3. The van der Waals surface area contributed by atoms with Crippen LogP contribution in [0.15, 0.2) is 29.9 Å². The van der Waals surface area contributed by atoms with Crippen LogP contribution in [0.2, 0.25) is 0 Å². The Kier molecular flexibility index (Phi) is 3.35. The van der Waals surface area contributed by atoms with E-state index in [1.807, 2.05) is 33.3 Å². The number of aromatic nitrogens is 2. The van der Waals surface area contributed by atoms with Gasteiger partial charge in [-0.3, -0.25) is 14.4 Å². The summed E-state index contributed by atoms with van der Waals surface area (Å²) in [4.78, 5) is 14.8. The number of rotatable bonds is 4. The maximum absolute atomic E-state index is 11.5. The molecule has 1 unspecified atom stereocenters. The summed E-state index contributed by atoms with van der Waals surface area (Å²) in [5.74, 6) is -0.764. The lowest BCUT2D eigenvalue weighted by atomic mass is 10.0. The maximum Gasteiger partial charge on any atom is 0.325 e. The van der Waals surface area contributed by atoms with Crippen molar-refractivity contribution in [1.82, 2.24) is 14.7 Å². The molecule has 1 atom stereocenters. The van der Waals surface area contributed by atoms with Crippen molar-refractivity contribution < 1.29 is 9.90 Å². The first-order valence-corrected chi connectivity index (χ1v) is 7.14. The summed E-state index contributed by atoms with van der Waals surface area (Å²) in [6, 6.07) is 3.31. The van der Waals surface area contributed by atoms with Crippen LogP contribution in [0.5, 0.6) is 0 Å². The molecule has 5 nitrogen and oxygen atoms in total. The van der Waals surface area contributed by atoms with E-state index in [9.17, 15) is 9.90 Å². The van der Waals surface area contributed by atoms with Gasteiger partial charge < -0.3 is 5.11 Å². The van der Waals surface area contributed by atoms with Crippen molar-refractivity contribution in [2.75, 3.05) is 13.1 Å². The predicted molar refractivity (Wildman–Crippen MR) is 72.2 cm³/mol. The van der Waals surface area contributed by atoms with Gasteiger partial charge in [0.05, 0.1) is 6.54 Å². The first kappa shape index (κ1) is 12.4. The van der Waals surface area contributed by atoms with Gasteiger partial charge in [-0.15, -0.1) is 11.3 Å². The second kappa shape index (κ2) is 5.14. The molecule has 0 aliphatic carbocycles. The molecule has 3 rings (SSSR count). The molecule has 1 aliphatic rings. The Bertz CT molecular complexity index is 564.